The van der Waals surface area contributed by atoms with Gasteiger partial charge in [0.05, 0.1) is 6.04 Å². The molecule has 5 heteroatoms. The number of aliphatic hydroxyl groups is 1. The topological polar surface area (TPSA) is 69.6 Å². The largest absolute Gasteiger partial charge is 0.370 e. The molecule has 1 aliphatic heterocycles. The number of nitrogens with one attached hydrogen (secondary N) is 1. The number of carbonyl (C=O) groups excluding carboxylic acids is 2. The van der Waals surface area contributed by atoms with Crippen molar-refractivity contribution in [3.8, 4) is 0 Å². The quantitative estimate of drug-likeness (QED) is 0.820. The van der Waals surface area contributed by atoms with E-state index in [1.54, 1.807) is 4.90 Å². The minimum absolute atomic E-state index is 0.0817. The molecule has 142 valence electrons. The number of hydrogen-bond donors (Lipinski definition) is 2. The van der Waals surface area contributed by atoms with Gasteiger partial charge in [-0.15, -0.1) is 0 Å². The molecule has 2 N–H and O–H groups in total. The number of Topliss-reactive ketones (excluding diaryl/α,β-unsaturated/α-hetero) is 1. The van der Waals surface area contributed by atoms with E-state index in [2.05, 4.69) is 5.32 Å². The Labute approximate surface area is 155 Å². The number of hydrogen-bond acceptors (Lipinski definition) is 4. The van der Waals surface area contributed by atoms with Crippen LogP contribution in [0.3, 0.4) is 0 Å². The van der Waals surface area contributed by atoms with Crippen molar-refractivity contribution in [2.24, 2.45) is 0 Å². The van der Waals surface area contributed by atoms with E-state index >= 15 is 0 Å². The monoisotopic (exact) mass is 358 g/mol. The summed E-state index contributed by atoms with van der Waals surface area (Å²) in [6.07, 6.45) is 5.71. The fourth-order valence-electron chi connectivity index (χ4n) is 4.26. The zero-order valence-electron chi connectivity index (χ0n) is 15.6. The van der Waals surface area contributed by atoms with Crippen LogP contribution >= 0.6 is 0 Å². The molecule has 0 radical (unpaired) electrons. The van der Waals surface area contributed by atoms with Crippen LogP contribution in [0.15, 0.2) is 30.3 Å². The predicted octanol–water partition coefficient (Wildman–Crippen LogP) is 2.59. The zero-order chi connectivity index (χ0) is 18.5. The number of amides is 1. The highest BCUT2D eigenvalue weighted by molar-refractivity contribution is 5.91. The van der Waals surface area contributed by atoms with Gasteiger partial charge in [-0.2, -0.15) is 0 Å². The molecule has 1 aromatic carbocycles. The third kappa shape index (κ3) is 4.33. The van der Waals surface area contributed by atoms with Gasteiger partial charge >= 0.3 is 0 Å². The van der Waals surface area contributed by atoms with Crippen LogP contribution in [0, 0.1) is 0 Å². The van der Waals surface area contributed by atoms with Gasteiger partial charge in [0.1, 0.15) is 0 Å². The molecular formula is C21H30N2O3. The number of likely N-dealkylation sites (tertiary alicyclic amines) is 1. The van der Waals surface area contributed by atoms with Crippen molar-refractivity contribution in [1.29, 1.82) is 0 Å². The Morgan fingerprint density at radius 3 is 2.46 bits per heavy atom. The van der Waals surface area contributed by atoms with E-state index in [0.29, 0.717) is 13.0 Å². The fourth-order valence-corrected chi connectivity index (χ4v) is 4.26. The molecule has 1 amide bonds. The van der Waals surface area contributed by atoms with Crippen LogP contribution in [0.2, 0.25) is 0 Å². The van der Waals surface area contributed by atoms with Gasteiger partial charge in [0, 0.05) is 18.5 Å². The second-order valence-corrected chi connectivity index (χ2v) is 7.65. The standard InChI is InChI=1S/C21H30N2O3/c1-15(16-9-4-2-5-10-16)19(24)18-13-8-14-23(18)21(26)20(25)22-17-11-6-3-7-12-17/h2,4-5,9-10,15,17-18,21,26H,3,6-8,11-14H2,1H3,(H,22,25). The number of ketones is 1. The first-order valence-electron chi connectivity index (χ1n) is 9.91. The van der Waals surface area contributed by atoms with Crippen LogP contribution in [0.5, 0.6) is 0 Å². The molecule has 3 unspecified atom stereocenters. The Hall–Kier alpha value is -1.72. The molecule has 2 fully saturated rings. The Bertz CT molecular complexity index is 613. The summed E-state index contributed by atoms with van der Waals surface area (Å²) in [4.78, 5) is 27.2. The average Bonchev–Trinajstić information content (AvgIpc) is 3.17. The smallest absolute Gasteiger partial charge is 0.264 e. The van der Waals surface area contributed by atoms with E-state index in [1.807, 2.05) is 37.3 Å². The summed E-state index contributed by atoms with van der Waals surface area (Å²) in [5.41, 5.74) is 0.977. The lowest BCUT2D eigenvalue weighted by Gasteiger charge is -2.31. The number of carbonyl (C=O) groups is 2. The molecule has 3 rings (SSSR count). The van der Waals surface area contributed by atoms with Crippen LogP contribution in [-0.2, 0) is 9.59 Å². The molecule has 3 atom stereocenters. The van der Waals surface area contributed by atoms with Gasteiger partial charge in [-0.25, -0.2) is 0 Å². The second-order valence-electron chi connectivity index (χ2n) is 7.65. The van der Waals surface area contributed by atoms with Gasteiger partial charge in [-0.1, -0.05) is 56.5 Å². The highest BCUT2D eigenvalue weighted by Crippen LogP contribution is 2.27. The Morgan fingerprint density at radius 2 is 1.77 bits per heavy atom. The molecule has 26 heavy (non-hydrogen) atoms. The van der Waals surface area contributed by atoms with Crippen molar-refractivity contribution >= 4 is 11.7 Å². The van der Waals surface area contributed by atoms with Crippen molar-refractivity contribution in [3.05, 3.63) is 35.9 Å². The first kappa shape index (κ1) is 19.1. The third-order valence-electron chi connectivity index (χ3n) is 5.85. The van der Waals surface area contributed by atoms with Crippen molar-refractivity contribution in [3.63, 3.8) is 0 Å². The summed E-state index contributed by atoms with van der Waals surface area (Å²) >= 11 is 0. The lowest BCUT2D eigenvalue weighted by atomic mass is 9.91. The van der Waals surface area contributed by atoms with Gasteiger partial charge in [0.15, 0.2) is 12.0 Å². The first-order chi connectivity index (χ1) is 12.6. The van der Waals surface area contributed by atoms with E-state index < -0.39 is 12.3 Å². The Morgan fingerprint density at radius 1 is 1.08 bits per heavy atom. The normalized spacial score (nSPS) is 24.2. The third-order valence-corrected chi connectivity index (χ3v) is 5.85. The summed E-state index contributed by atoms with van der Waals surface area (Å²) in [6, 6.07) is 9.46. The minimum atomic E-state index is -1.24. The highest BCUT2D eigenvalue weighted by atomic mass is 16.3. The Kier molecular flexibility index (Phi) is 6.43. The molecule has 1 saturated heterocycles. The molecule has 2 aliphatic rings. The van der Waals surface area contributed by atoms with Crippen molar-refractivity contribution in [1.82, 2.24) is 10.2 Å². The maximum absolute atomic E-state index is 13.0. The van der Waals surface area contributed by atoms with Gasteiger partial charge in [0.2, 0.25) is 0 Å². The molecule has 0 spiro atoms. The summed E-state index contributed by atoms with van der Waals surface area (Å²) in [6.45, 7) is 2.49. The van der Waals surface area contributed by atoms with Gasteiger partial charge in [-0.05, 0) is 31.2 Å². The second kappa shape index (κ2) is 8.78. The van der Waals surface area contributed by atoms with Crippen LogP contribution in [0.25, 0.3) is 0 Å². The highest BCUT2D eigenvalue weighted by Gasteiger charge is 2.39. The lowest BCUT2D eigenvalue weighted by molar-refractivity contribution is -0.144. The van der Waals surface area contributed by atoms with Crippen molar-refractivity contribution in [2.75, 3.05) is 6.54 Å². The van der Waals surface area contributed by atoms with E-state index in [-0.39, 0.29) is 23.7 Å². The maximum Gasteiger partial charge on any atom is 0.264 e. The van der Waals surface area contributed by atoms with E-state index in [9.17, 15) is 14.7 Å². The van der Waals surface area contributed by atoms with Crippen LogP contribution < -0.4 is 5.32 Å². The molecular weight excluding hydrogens is 328 g/mol. The number of benzene rings is 1. The van der Waals surface area contributed by atoms with E-state index in [4.69, 9.17) is 0 Å². The molecule has 1 saturated carbocycles. The maximum atomic E-state index is 13.0. The SMILES string of the molecule is CC(C(=O)C1CCCN1C(O)C(=O)NC1CCCCC1)c1ccccc1. The predicted molar refractivity (Wildman–Crippen MR) is 101 cm³/mol. The van der Waals surface area contributed by atoms with E-state index in [0.717, 1.165) is 37.7 Å². The van der Waals surface area contributed by atoms with Crippen molar-refractivity contribution in [2.45, 2.75) is 76.1 Å². The van der Waals surface area contributed by atoms with Crippen molar-refractivity contribution < 1.29 is 14.7 Å². The molecule has 5 nitrogen and oxygen atoms in total. The summed E-state index contributed by atoms with van der Waals surface area (Å²) in [7, 11) is 0. The summed E-state index contributed by atoms with van der Waals surface area (Å²) in [5, 5.41) is 13.6. The molecule has 1 aromatic rings. The number of aliphatic hydroxyl groups excluding tert-OH is 1. The average molecular weight is 358 g/mol. The Balaban J connectivity index is 1.63. The molecule has 1 heterocycles. The summed E-state index contributed by atoms with van der Waals surface area (Å²) in [5.74, 6) is -0.516. The number of nitrogens with zero attached hydrogens (tertiary/aromatic N) is 1. The van der Waals surface area contributed by atoms with Crippen LogP contribution in [-0.4, -0.2) is 46.6 Å². The summed E-state index contributed by atoms with van der Waals surface area (Å²) < 4.78 is 0. The fraction of sp³-hybridized carbons (Fsp3) is 0.619. The lowest BCUT2D eigenvalue weighted by Crippen LogP contribution is -2.53. The molecule has 1 aliphatic carbocycles. The minimum Gasteiger partial charge on any atom is -0.370 e. The molecule has 0 bridgehead atoms. The number of rotatable bonds is 6. The van der Waals surface area contributed by atoms with Crippen LogP contribution in [0.1, 0.15) is 63.4 Å². The molecule has 0 aromatic heterocycles. The van der Waals surface area contributed by atoms with E-state index in [1.165, 1.54) is 6.42 Å². The first-order valence-corrected chi connectivity index (χ1v) is 9.91. The van der Waals surface area contributed by atoms with Gasteiger partial charge in [0.25, 0.3) is 5.91 Å². The van der Waals surface area contributed by atoms with Gasteiger partial charge < -0.3 is 10.4 Å². The van der Waals surface area contributed by atoms with Gasteiger partial charge in [-0.3, -0.25) is 14.5 Å². The zero-order valence-corrected chi connectivity index (χ0v) is 15.6. The van der Waals surface area contributed by atoms with Crippen LogP contribution in [0.4, 0.5) is 0 Å².